The summed E-state index contributed by atoms with van der Waals surface area (Å²) in [6.45, 7) is 0. The van der Waals surface area contributed by atoms with Crippen LogP contribution >= 0.6 is 0 Å². The van der Waals surface area contributed by atoms with Crippen molar-refractivity contribution in [2.24, 2.45) is 5.73 Å². The van der Waals surface area contributed by atoms with Crippen molar-refractivity contribution in [3.63, 3.8) is 0 Å². The SMILES string of the molecule is NC1CC(C(F)(F)F)=CC=C1C(F)(F)F. The minimum absolute atomic E-state index is 0.386. The van der Waals surface area contributed by atoms with Gasteiger partial charge in [-0.15, -0.1) is 0 Å². The van der Waals surface area contributed by atoms with E-state index < -0.39 is 36.0 Å². The van der Waals surface area contributed by atoms with E-state index in [0.717, 1.165) is 0 Å². The molecule has 0 aliphatic heterocycles. The van der Waals surface area contributed by atoms with Crippen molar-refractivity contribution in [1.82, 2.24) is 0 Å². The normalized spacial score (nSPS) is 23.5. The molecule has 0 heterocycles. The van der Waals surface area contributed by atoms with Gasteiger partial charge in [-0.3, -0.25) is 0 Å². The summed E-state index contributed by atoms with van der Waals surface area (Å²) < 4.78 is 72.8. The molecule has 1 atom stereocenters. The number of hydrogen-bond acceptors (Lipinski definition) is 1. The van der Waals surface area contributed by atoms with Gasteiger partial charge in [0.05, 0.1) is 5.57 Å². The Labute approximate surface area is 81.2 Å². The molecular formula is C8H7F6N. The lowest BCUT2D eigenvalue weighted by atomic mass is 9.93. The van der Waals surface area contributed by atoms with E-state index in [9.17, 15) is 26.3 Å². The summed E-state index contributed by atoms with van der Waals surface area (Å²) in [7, 11) is 0. The van der Waals surface area contributed by atoms with Crippen LogP contribution in [-0.2, 0) is 0 Å². The molecule has 2 N–H and O–H groups in total. The highest BCUT2D eigenvalue weighted by atomic mass is 19.4. The van der Waals surface area contributed by atoms with Gasteiger partial charge in [-0.1, -0.05) is 12.2 Å². The zero-order valence-corrected chi connectivity index (χ0v) is 7.28. The van der Waals surface area contributed by atoms with E-state index in [1.807, 2.05) is 0 Å². The van der Waals surface area contributed by atoms with Crippen LogP contribution in [0.1, 0.15) is 6.42 Å². The Balaban J connectivity index is 2.99. The standard InChI is InChI=1S/C8H7F6N/c9-7(10,11)4-1-2-5(6(15)3-4)8(12,13)14/h1-2,6H,3,15H2. The van der Waals surface area contributed by atoms with Crippen LogP contribution in [0.3, 0.4) is 0 Å². The Kier molecular flexibility index (Phi) is 2.86. The lowest BCUT2D eigenvalue weighted by Crippen LogP contribution is -2.35. The molecular weight excluding hydrogens is 224 g/mol. The monoisotopic (exact) mass is 231 g/mol. The van der Waals surface area contributed by atoms with Gasteiger partial charge in [-0.25, -0.2) is 0 Å². The number of hydrogen-bond donors (Lipinski definition) is 1. The summed E-state index contributed by atoms with van der Waals surface area (Å²) in [5, 5.41) is 0. The van der Waals surface area contributed by atoms with E-state index in [0.29, 0.717) is 12.2 Å². The van der Waals surface area contributed by atoms with Crippen LogP contribution in [0.5, 0.6) is 0 Å². The van der Waals surface area contributed by atoms with Gasteiger partial charge in [0.15, 0.2) is 0 Å². The second-order valence-electron chi connectivity index (χ2n) is 3.12. The Hall–Kier alpha value is -0.980. The number of rotatable bonds is 0. The summed E-state index contributed by atoms with van der Waals surface area (Å²) in [5.74, 6) is 0. The summed E-state index contributed by atoms with van der Waals surface area (Å²) in [6, 6.07) is -1.65. The fourth-order valence-corrected chi connectivity index (χ4v) is 1.24. The van der Waals surface area contributed by atoms with Crippen molar-refractivity contribution in [2.45, 2.75) is 24.8 Å². The van der Waals surface area contributed by atoms with Gasteiger partial charge >= 0.3 is 12.4 Å². The maximum Gasteiger partial charge on any atom is 0.414 e. The second kappa shape index (κ2) is 3.55. The molecule has 1 nitrogen and oxygen atoms in total. The van der Waals surface area contributed by atoms with Gasteiger partial charge in [0.2, 0.25) is 0 Å². The van der Waals surface area contributed by atoms with Gasteiger partial charge < -0.3 is 5.73 Å². The third-order valence-corrected chi connectivity index (χ3v) is 1.99. The number of nitrogens with two attached hydrogens (primary N) is 1. The van der Waals surface area contributed by atoms with Crippen LogP contribution in [0.25, 0.3) is 0 Å². The van der Waals surface area contributed by atoms with Gasteiger partial charge in [0.25, 0.3) is 0 Å². The minimum Gasteiger partial charge on any atom is -0.324 e. The van der Waals surface area contributed by atoms with E-state index in [-0.39, 0.29) is 0 Å². The molecule has 1 unspecified atom stereocenters. The molecule has 0 saturated heterocycles. The Bertz CT molecular complexity index is 308. The van der Waals surface area contributed by atoms with Crippen molar-refractivity contribution in [3.8, 4) is 0 Å². The molecule has 0 spiro atoms. The van der Waals surface area contributed by atoms with Crippen molar-refractivity contribution >= 4 is 0 Å². The third-order valence-electron chi connectivity index (χ3n) is 1.99. The molecule has 0 bridgehead atoms. The molecule has 86 valence electrons. The molecule has 0 fully saturated rings. The van der Waals surface area contributed by atoms with Crippen molar-refractivity contribution in [1.29, 1.82) is 0 Å². The average molecular weight is 231 g/mol. The quantitative estimate of drug-likeness (QED) is 0.637. The molecule has 0 aromatic carbocycles. The highest BCUT2D eigenvalue weighted by molar-refractivity contribution is 5.33. The first kappa shape index (κ1) is 12.1. The number of halogens is 6. The van der Waals surface area contributed by atoms with E-state index in [2.05, 4.69) is 0 Å². The fourth-order valence-electron chi connectivity index (χ4n) is 1.24. The molecule has 1 aliphatic rings. The maximum atomic E-state index is 12.2. The Morgan fingerprint density at radius 3 is 1.87 bits per heavy atom. The van der Waals surface area contributed by atoms with E-state index >= 15 is 0 Å². The van der Waals surface area contributed by atoms with Crippen LogP contribution in [-0.4, -0.2) is 18.4 Å². The highest BCUT2D eigenvalue weighted by Gasteiger charge is 2.42. The van der Waals surface area contributed by atoms with Crippen LogP contribution < -0.4 is 5.73 Å². The molecule has 1 rings (SSSR count). The van der Waals surface area contributed by atoms with Gasteiger partial charge in [-0.05, 0) is 6.42 Å². The predicted molar refractivity (Wildman–Crippen MR) is 40.9 cm³/mol. The number of allylic oxidation sites excluding steroid dienone is 2. The third kappa shape index (κ3) is 2.74. The summed E-state index contributed by atoms with van der Waals surface area (Å²) in [5.41, 5.74) is 2.86. The van der Waals surface area contributed by atoms with Gasteiger partial charge in [-0.2, -0.15) is 26.3 Å². The lowest BCUT2D eigenvalue weighted by molar-refractivity contribution is -0.104. The van der Waals surface area contributed by atoms with Crippen LogP contribution in [0.4, 0.5) is 26.3 Å². The minimum atomic E-state index is -4.67. The molecule has 0 amide bonds. The first-order valence-electron chi connectivity index (χ1n) is 3.93. The average Bonchev–Trinajstić information content (AvgIpc) is 1.99. The zero-order valence-electron chi connectivity index (χ0n) is 7.28. The predicted octanol–water partition coefficient (Wildman–Crippen LogP) is 2.69. The van der Waals surface area contributed by atoms with E-state index in [1.54, 1.807) is 0 Å². The summed E-state index contributed by atoms with van der Waals surface area (Å²) in [6.07, 6.45) is -9.32. The van der Waals surface area contributed by atoms with Gasteiger partial charge in [0, 0.05) is 11.6 Å². The molecule has 15 heavy (non-hydrogen) atoms. The molecule has 0 aromatic heterocycles. The van der Waals surface area contributed by atoms with Gasteiger partial charge in [0.1, 0.15) is 0 Å². The molecule has 0 aromatic rings. The maximum absolute atomic E-state index is 12.2. The smallest absolute Gasteiger partial charge is 0.324 e. The van der Waals surface area contributed by atoms with E-state index in [4.69, 9.17) is 5.73 Å². The van der Waals surface area contributed by atoms with E-state index in [1.165, 1.54) is 0 Å². The second-order valence-corrected chi connectivity index (χ2v) is 3.12. The lowest BCUT2D eigenvalue weighted by Gasteiger charge is -2.24. The van der Waals surface area contributed by atoms with Crippen molar-refractivity contribution in [2.75, 3.05) is 0 Å². The first-order valence-corrected chi connectivity index (χ1v) is 3.93. The topological polar surface area (TPSA) is 26.0 Å². The number of alkyl halides is 6. The summed E-state index contributed by atoms with van der Waals surface area (Å²) in [4.78, 5) is 0. The highest BCUT2D eigenvalue weighted by Crippen LogP contribution is 2.37. The van der Waals surface area contributed by atoms with Crippen LogP contribution in [0.15, 0.2) is 23.3 Å². The molecule has 7 heteroatoms. The molecule has 1 aliphatic carbocycles. The van der Waals surface area contributed by atoms with Crippen LogP contribution in [0.2, 0.25) is 0 Å². The zero-order chi connectivity index (χ0) is 11.9. The van der Waals surface area contributed by atoms with Crippen LogP contribution in [0, 0.1) is 0 Å². The van der Waals surface area contributed by atoms with Crippen molar-refractivity contribution < 1.29 is 26.3 Å². The summed E-state index contributed by atoms with van der Waals surface area (Å²) >= 11 is 0. The first-order chi connectivity index (χ1) is 6.62. The van der Waals surface area contributed by atoms with Crippen molar-refractivity contribution in [3.05, 3.63) is 23.3 Å². The molecule has 0 saturated carbocycles. The Morgan fingerprint density at radius 1 is 1.00 bits per heavy atom. The Morgan fingerprint density at radius 2 is 1.53 bits per heavy atom. The molecule has 0 radical (unpaired) electrons. The fraction of sp³-hybridized carbons (Fsp3) is 0.500. The largest absolute Gasteiger partial charge is 0.414 e.